The summed E-state index contributed by atoms with van der Waals surface area (Å²) >= 11 is 0. The Kier molecular flexibility index (Phi) is 8.11. The van der Waals surface area contributed by atoms with E-state index in [9.17, 15) is 9.90 Å². The van der Waals surface area contributed by atoms with Gasteiger partial charge in [0.05, 0.1) is 57.8 Å². The van der Waals surface area contributed by atoms with Crippen LogP contribution in [-0.2, 0) is 30.3 Å². The van der Waals surface area contributed by atoms with Gasteiger partial charge in [-0.25, -0.2) is 0 Å². The van der Waals surface area contributed by atoms with Crippen LogP contribution in [0.15, 0.2) is 24.3 Å². The molecular formula is C23H34O7. The van der Waals surface area contributed by atoms with Crippen molar-refractivity contribution in [2.45, 2.75) is 70.2 Å². The van der Waals surface area contributed by atoms with Crippen molar-refractivity contribution in [3.63, 3.8) is 0 Å². The lowest BCUT2D eigenvalue weighted by atomic mass is 9.79. The van der Waals surface area contributed by atoms with Crippen molar-refractivity contribution in [2.24, 2.45) is 11.8 Å². The highest BCUT2D eigenvalue weighted by molar-refractivity contribution is 5.69. The third-order valence-corrected chi connectivity index (χ3v) is 6.30. The van der Waals surface area contributed by atoms with Crippen LogP contribution in [0.4, 0.5) is 0 Å². The molecule has 2 aliphatic heterocycles. The number of methoxy groups -OCH3 is 2. The number of benzene rings is 1. The summed E-state index contributed by atoms with van der Waals surface area (Å²) in [5.41, 5.74) is 1.01. The summed E-state index contributed by atoms with van der Waals surface area (Å²) in [6.07, 6.45) is 0.663. The number of hydrogen-bond donors (Lipinski definition) is 1. The van der Waals surface area contributed by atoms with Crippen molar-refractivity contribution < 1.29 is 33.6 Å². The van der Waals surface area contributed by atoms with Crippen LogP contribution < -0.4 is 4.74 Å². The van der Waals surface area contributed by atoms with E-state index in [0.29, 0.717) is 13.0 Å². The molecule has 0 radical (unpaired) electrons. The van der Waals surface area contributed by atoms with E-state index in [1.807, 2.05) is 24.3 Å². The monoisotopic (exact) mass is 422 g/mol. The first-order valence-electron chi connectivity index (χ1n) is 10.7. The van der Waals surface area contributed by atoms with Gasteiger partial charge < -0.3 is 28.8 Å². The molecule has 30 heavy (non-hydrogen) atoms. The van der Waals surface area contributed by atoms with Gasteiger partial charge in [-0.2, -0.15) is 0 Å². The van der Waals surface area contributed by atoms with Gasteiger partial charge in [0, 0.05) is 12.5 Å². The summed E-state index contributed by atoms with van der Waals surface area (Å²) in [5.74, 6) is 0.789. The van der Waals surface area contributed by atoms with Crippen LogP contribution in [0.5, 0.6) is 5.75 Å². The molecule has 0 spiro atoms. The lowest BCUT2D eigenvalue weighted by Gasteiger charge is -2.50. The van der Waals surface area contributed by atoms with Crippen LogP contribution >= 0.6 is 0 Å². The Balaban J connectivity index is 1.73. The molecule has 168 valence electrons. The number of aliphatic hydroxyl groups is 1. The van der Waals surface area contributed by atoms with Crippen molar-refractivity contribution in [3.05, 3.63) is 29.8 Å². The number of carbonyl (C=O) groups is 1. The van der Waals surface area contributed by atoms with Crippen LogP contribution in [0.2, 0.25) is 0 Å². The first kappa shape index (κ1) is 23.0. The zero-order valence-electron chi connectivity index (χ0n) is 18.3. The second-order valence-electron chi connectivity index (χ2n) is 8.34. The van der Waals surface area contributed by atoms with Gasteiger partial charge in [0.25, 0.3) is 0 Å². The van der Waals surface area contributed by atoms with E-state index in [0.717, 1.165) is 17.7 Å². The third-order valence-electron chi connectivity index (χ3n) is 6.30. The molecule has 7 heteroatoms. The lowest BCUT2D eigenvalue weighted by Crippen LogP contribution is -2.59. The normalized spacial score (nSPS) is 33.6. The highest BCUT2D eigenvalue weighted by atomic mass is 16.6. The Morgan fingerprint density at radius 3 is 2.50 bits per heavy atom. The quantitative estimate of drug-likeness (QED) is 0.645. The van der Waals surface area contributed by atoms with Crippen LogP contribution in [0.25, 0.3) is 0 Å². The van der Waals surface area contributed by atoms with E-state index in [1.54, 1.807) is 7.11 Å². The van der Waals surface area contributed by atoms with Crippen molar-refractivity contribution >= 4 is 5.97 Å². The van der Waals surface area contributed by atoms with Gasteiger partial charge in [-0.3, -0.25) is 4.79 Å². The average Bonchev–Trinajstić information content (AvgIpc) is 2.75. The van der Waals surface area contributed by atoms with E-state index in [4.69, 9.17) is 23.7 Å². The average molecular weight is 423 g/mol. The van der Waals surface area contributed by atoms with E-state index < -0.39 is 6.10 Å². The Hall–Kier alpha value is -1.67. The fourth-order valence-electron chi connectivity index (χ4n) is 4.56. The summed E-state index contributed by atoms with van der Waals surface area (Å²) in [7, 11) is 3.02. The number of ether oxygens (including phenoxy) is 5. The van der Waals surface area contributed by atoms with Crippen LogP contribution in [0.3, 0.4) is 0 Å². The highest BCUT2D eigenvalue weighted by Crippen LogP contribution is 2.40. The second-order valence-corrected chi connectivity index (χ2v) is 8.34. The summed E-state index contributed by atoms with van der Waals surface area (Å²) in [6, 6.07) is 7.71. The fraction of sp³-hybridized carbons (Fsp3) is 0.696. The van der Waals surface area contributed by atoms with Gasteiger partial charge in [0.15, 0.2) is 0 Å². The first-order chi connectivity index (χ1) is 14.5. The molecule has 0 saturated carbocycles. The van der Waals surface area contributed by atoms with Crippen LogP contribution in [0.1, 0.15) is 38.7 Å². The Morgan fingerprint density at radius 2 is 1.87 bits per heavy atom. The minimum absolute atomic E-state index is 0.00157. The maximum Gasteiger partial charge on any atom is 0.308 e. The summed E-state index contributed by atoms with van der Waals surface area (Å²) < 4.78 is 29.1. The molecule has 7 atom stereocenters. The summed E-state index contributed by atoms with van der Waals surface area (Å²) in [6.45, 7) is 4.71. The molecule has 3 rings (SSSR count). The molecule has 2 aliphatic rings. The first-order valence-corrected chi connectivity index (χ1v) is 10.7. The third kappa shape index (κ3) is 5.32. The number of aliphatic hydroxyl groups excluding tert-OH is 1. The fourth-order valence-corrected chi connectivity index (χ4v) is 4.56. The largest absolute Gasteiger partial charge is 0.497 e. The molecule has 0 aromatic heterocycles. The Labute approximate surface area is 178 Å². The van der Waals surface area contributed by atoms with Crippen molar-refractivity contribution in [3.8, 4) is 5.75 Å². The predicted molar refractivity (Wildman–Crippen MR) is 110 cm³/mol. The number of hydrogen-bond acceptors (Lipinski definition) is 7. The Morgan fingerprint density at radius 1 is 1.13 bits per heavy atom. The number of rotatable bonds is 8. The molecule has 0 aliphatic carbocycles. The van der Waals surface area contributed by atoms with Gasteiger partial charge in [0.1, 0.15) is 5.75 Å². The molecule has 1 unspecified atom stereocenters. The van der Waals surface area contributed by atoms with Gasteiger partial charge in [-0.1, -0.05) is 26.0 Å². The van der Waals surface area contributed by atoms with Crippen molar-refractivity contribution in [1.29, 1.82) is 0 Å². The van der Waals surface area contributed by atoms with E-state index >= 15 is 0 Å². The van der Waals surface area contributed by atoms with Crippen LogP contribution in [-0.4, -0.2) is 62.4 Å². The standard InChI is InChI=1S/C23H34O7/c1-14-11-19-23(30-18(14)9-10-24)15(2)22(20(29-19)12-21(25)27-4)28-13-16-5-7-17(26-3)8-6-16/h5-8,14-15,18-20,22-24H,9-13H2,1-4H3/t14-,15-,18-,19?,20+,22-,23+/m1/s1. The van der Waals surface area contributed by atoms with Crippen molar-refractivity contribution in [2.75, 3.05) is 20.8 Å². The molecule has 0 bridgehead atoms. The number of carbonyl (C=O) groups excluding carboxylic acids is 1. The molecule has 2 fully saturated rings. The zero-order valence-corrected chi connectivity index (χ0v) is 18.3. The smallest absolute Gasteiger partial charge is 0.308 e. The topological polar surface area (TPSA) is 83.5 Å². The molecule has 1 aromatic carbocycles. The maximum absolute atomic E-state index is 12.0. The maximum atomic E-state index is 12.0. The zero-order chi connectivity index (χ0) is 21.7. The molecular weight excluding hydrogens is 388 g/mol. The minimum atomic E-state index is -0.392. The minimum Gasteiger partial charge on any atom is -0.497 e. The SMILES string of the molecule is COC(=O)C[C@@H]1OC2C[C@@H](C)[C@@H](CCO)O[C@H]2[C@H](C)[C@H]1OCc1ccc(OC)cc1. The molecule has 0 amide bonds. The molecule has 1 aromatic rings. The number of fused-ring (bicyclic) bond motifs is 1. The van der Waals surface area contributed by atoms with Gasteiger partial charge in [-0.15, -0.1) is 0 Å². The summed E-state index contributed by atoms with van der Waals surface area (Å²) in [5, 5.41) is 9.37. The predicted octanol–water partition coefficient (Wildman–Crippen LogP) is 2.72. The molecule has 2 heterocycles. The van der Waals surface area contributed by atoms with Crippen LogP contribution in [0, 0.1) is 11.8 Å². The summed E-state index contributed by atoms with van der Waals surface area (Å²) in [4.78, 5) is 12.0. The van der Waals surface area contributed by atoms with E-state index in [-0.39, 0.29) is 55.2 Å². The van der Waals surface area contributed by atoms with Gasteiger partial charge in [0.2, 0.25) is 0 Å². The Bertz CT molecular complexity index is 677. The van der Waals surface area contributed by atoms with Gasteiger partial charge >= 0.3 is 5.97 Å². The second kappa shape index (κ2) is 10.6. The highest BCUT2D eigenvalue weighted by Gasteiger charge is 2.49. The molecule has 2 saturated heterocycles. The van der Waals surface area contributed by atoms with Crippen molar-refractivity contribution in [1.82, 2.24) is 0 Å². The number of esters is 1. The lowest BCUT2D eigenvalue weighted by molar-refractivity contribution is -0.266. The molecule has 1 N–H and O–H groups in total. The molecule has 7 nitrogen and oxygen atoms in total. The van der Waals surface area contributed by atoms with E-state index in [2.05, 4.69) is 13.8 Å². The van der Waals surface area contributed by atoms with Gasteiger partial charge in [-0.05, 0) is 36.5 Å². The van der Waals surface area contributed by atoms with E-state index in [1.165, 1.54) is 7.11 Å².